The number of rotatable bonds is 3. The Balaban J connectivity index is 2.34. The summed E-state index contributed by atoms with van der Waals surface area (Å²) in [5, 5.41) is 1.87. The number of hydrogen-bond donors (Lipinski definition) is 1. The molecular weight excluding hydrogens is 225 g/mol. The number of carbonyl (C=O) groups excluding carboxylic acids is 1. The number of amides is 1. The van der Waals surface area contributed by atoms with E-state index in [9.17, 15) is 18.0 Å². The summed E-state index contributed by atoms with van der Waals surface area (Å²) in [7, 11) is 0. The van der Waals surface area contributed by atoms with Gasteiger partial charge in [-0.2, -0.15) is 13.2 Å². The number of morpholine rings is 1. The zero-order chi connectivity index (χ0) is 12.2. The second-order valence-electron chi connectivity index (χ2n) is 3.66. The van der Waals surface area contributed by atoms with Crippen LogP contribution in [-0.4, -0.2) is 55.9 Å². The van der Waals surface area contributed by atoms with Crippen molar-refractivity contribution < 1.29 is 22.7 Å². The van der Waals surface area contributed by atoms with Gasteiger partial charge in [-0.15, -0.1) is 0 Å². The van der Waals surface area contributed by atoms with Crippen LogP contribution in [0, 0.1) is 0 Å². The number of carbonyl (C=O) groups is 1. The van der Waals surface area contributed by atoms with E-state index in [-0.39, 0.29) is 0 Å². The van der Waals surface area contributed by atoms with Gasteiger partial charge in [0.2, 0.25) is 5.91 Å². The molecule has 0 aromatic carbocycles. The molecule has 1 amide bonds. The molecule has 94 valence electrons. The molecule has 0 bridgehead atoms. The number of ether oxygens (including phenoxy) is 1. The van der Waals surface area contributed by atoms with E-state index in [0.717, 1.165) is 0 Å². The molecule has 0 aliphatic carbocycles. The largest absolute Gasteiger partial charge is 0.405 e. The Bertz CT molecular complexity index is 239. The van der Waals surface area contributed by atoms with Gasteiger partial charge in [-0.3, -0.25) is 9.69 Å². The monoisotopic (exact) mass is 240 g/mol. The molecule has 1 rings (SSSR count). The topological polar surface area (TPSA) is 41.6 Å². The van der Waals surface area contributed by atoms with Crippen molar-refractivity contribution in [1.29, 1.82) is 0 Å². The molecule has 4 nitrogen and oxygen atoms in total. The maximum Gasteiger partial charge on any atom is 0.405 e. The van der Waals surface area contributed by atoms with Crippen LogP contribution in [0.1, 0.15) is 6.92 Å². The van der Waals surface area contributed by atoms with Crippen LogP contribution in [0.2, 0.25) is 0 Å². The molecule has 1 N–H and O–H groups in total. The third kappa shape index (κ3) is 4.36. The van der Waals surface area contributed by atoms with Crippen LogP contribution in [-0.2, 0) is 9.53 Å². The van der Waals surface area contributed by atoms with E-state index in [1.807, 2.05) is 5.32 Å². The third-order valence-electron chi connectivity index (χ3n) is 2.44. The lowest BCUT2D eigenvalue weighted by atomic mass is 10.2. The Morgan fingerprint density at radius 1 is 1.44 bits per heavy atom. The zero-order valence-corrected chi connectivity index (χ0v) is 9.01. The van der Waals surface area contributed by atoms with Crippen molar-refractivity contribution in [2.24, 2.45) is 0 Å². The van der Waals surface area contributed by atoms with Gasteiger partial charge in [0.05, 0.1) is 19.3 Å². The minimum Gasteiger partial charge on any atom is -0.379 e. The van der Waals surface area contributed by atoms with Gasteiger partial charge in [0.15, 0.2) is 0 Å². The molecule has 1 atom stereocenters. The molecule has 0 aromatic rings. The highest BCUT2D eigenvalue weighted by Crippen LogP contribution is 2.12. The van der Waals surface area contributed by atoms with E-state index < -0.39 is 24.7 Å². The van der Waals surface area contributed by atoms with Gasteiger partial charge in [-0.05, 0) is 6.92 Å². The van der Waals surface area contributed by atoms with Crippen molar-refractivity contribution in [3.63, 3.8) is 0 Å². The fraction of sp³-hybridized carbons (Fsp3) is 0.889. The Hall–Kier alpha value is -0.820. The molecule has 1 aliphatic heterocycles. The minimum atomic E-state index is -4.36. The molecule has 16 heavy (non-hydrogen) atoms. The first-order valence-electron chi connectivity index (χ1n) is 5.06. The molecule has 0 aromatic heterocycles. The van der Waals surface area contributed by atoms with Crippen molar-refractivity contribution in [3.05, 3.63) is 0 Å². The third-order valence-corrected chi connectivity index (χ3v) is 2.44. The van der Waals surface area contributed by atoms with Gasteiger partial charge in [-0.1, -0.05) is 0 Å². The molecule has 0 radical (unpaired) electrons. The van der Waals surface area contributed by atoms with Crippen molar-refractivity contribution >= 4 is 5.91 Å². The lowest BCUT2D eigenvalue weighted by Gasteiger charge is -2.31. The summed E-state index contributed by atoms with van der Waals surface area (Å²) in [6.07, 6.45) is -4.36. The van der Waals surface area contributed by atoms with E-state index >= 15 is 0 Å². The lowest BCUT2D eigenvalue weighted by molar-refractivity contribution is -0.142. The van der Waals surface area contributed by atoms with Gasteiger partial charge < -0.3 is 10.1 Å². The van der Waals surface area contributed by atoms with Crippen LogP contribution in [0.25, 0.3) is 0 Å². The number of halogens is 3. The molecular formula is C9H15F3N2O2. The van der Waals surface area contributed by atoms with Crippen LogP contribution in [0.3, 0.4) is 0 Å². The van der Waals surface area contributed by atoms with Gasteiger partial charge in [0.1, 0.15) is 6.54 Å². The second-order valence-corrected chi connectivity index (χ2v) is 3.66. The first-order chi connectivity index (χ1) is 7.40. The van der Waals surface area contributed by atoms with E-state index in [0.29, 0.717) is 26.3 Å². The van der Waals surface area contributed by atoms with E-state index in [1.54, 1.807) is 11.8 Å². The molecule has 1 saturated heterocycles. The minimum absolute atomic E-state index is 0.511. The highest BCUT2D eigenvalue weighted by Gasteiger charge is 2.30. The van der Waals surface area contributed by atoms with Gasteiger partial charge >= 0.3 is 6.18 Å². The Morgan fingerprint density at radius 3 is 2.50 bits per heavy atom. The number of hydrogen-bond acceptors (Lipinski definition) is 3. The summed E-state index contributed by atoms with van der Waals surface area (Å²) in [5.41, 5.74) is 0. The van der Waals surface area contributed by atoms with Gasteiger partial charge in [0.25, 0.3) is 0 Å². The normalized spacial score (nSPS) is 20.5. The Kier molecular flexibility index (Phi) is 4.55. The highest BCUT2D eigenvalue weighted by atomic mass is 19.4. The summed E-state index contributed by atoms with van der Waals surface area (Å²) in [4.78, 5) is 13.2. The Morgan fingerprint density at radius 2 is 2.00 bits per heavy atom. The number of alkyl halides is 3. The fourth-order valence-corrected chi connectivity index (χ4v) is 1.47. The van der Waals surface area contributed by atoms with E-state index in [2.05, 4.69) is 0 Å². The molecule has 1 fully saturated rings. The van der Waals surface area contributed by atoms with Crippen molar-refractivity contribution in [2.45, 2.75) is 19.1 Å². The van der Waals surface area contributed by atoms with Crippen molar-refractivity contribution in [3.8, 4) is 0 Å². The summed E-state index contributed by atoms with van der Waals surface area (Å²) in [6, 6.07) is -0.550. The summed E-state index contributed by atoms with van der Waals surface area (Å²) in [6.45, 7) is 2.48. The first-order valence-corrected chi connectivity index (χ1v) is 5.06. The molecule has 0 spiro atoms. The SMILES string of the molecule is CC(C(=O)NCC(F)(F)F)N1CCOCC1. The van der Waals surface area contributed by atoms with Crippen molar-refractivity contribution in [1.82, 2.24) is 10.2 Å². The van der Waals surface area contributed by atoms with E-state index in [1.165, 1.54) is 0 Å². The molecule has 1 unspecified atom stereocenters. The smallest absolute Gasteiger partial charge is 0.379 e. The van der Waals surface area contributed by atoms with Crippen LogP contribution < -0.4 is 5.32 Å². The quantitative estimate of drug-likeness (QED) is 0.775. The van der Waals surface area contributed by atoms with Crippen molar-refractivity contribution in [2.75, 3.05) is 32.8 Å². The molecule has 1 aliphatic rings. The molecule has 7 heteroatoms. The lowest BCUT2D eigenvalue weighted by Crippen LogP contribution is -2.50. The van der Waals surface area contributed by atoms with E-state index in [4.69, 9.17) is 4.74 Å². The van der Waals surface area contributed by atoms with Gasteiger partial charge in [0, 0.05) is 13.1 Å². The summed E-state index contributed by atoms with van der Waals surface area (Å²) >= 11 is 0. The summed E-state index contributed by atoms with van der Waals surface area (Å²) < 4.78 is 40.7. The highest BCUT2D eigenvalue weighted by molar-refractivity contribution is 5.81. The second kappa shape index (κ2) is 5.49. The number of nitrogens with one attached hydrogen (secondary N) is 1. The number of nitrogens with zero attached hydrogens (tertiary/aromatic N) is 1. The standard InChI is InChI=1S/C9H15F3N2O2/c1-7(14-2-4-16-5-3-14)8(15)13-6-9(10,11)12/h7H,2-6H2,1H3,(H,13,15). The first kappa shape index (κ1) is 13.2. The van der Waals surface area contributed by atoms with Gasteiger partial charge in [-0.25, -0.2) is 0 Å². The van der Waals surface area contributed by atoms with Crippen LogP contribution in [0.5, 0.6) is 0 Å². The Labute approximate surface area is 91.7 Å². The molecule has 0 saturated carbocycles. The van der Waals surface area contributed by atoms with Crippen LogP contribution in [0.15, 0.2) is 0 Å². The maximum absolute atomic E-state index is 11.9. The molecule has 1 heterocycles. The average molecular weight is 240 g/mol. The predicted octanol–water partition coefficient (Wildman–Crippen LogP) is 0.386. The predicted molar refractivity (Wildman–Crippen MR) is 50.9 cm³/mol. The van der Waals surface area contributed by atoms with Crippen LogP contribution in [0.4, 0.5) is 13.2 Å². The van der Waals surface area contributed by atoms with Crippen LogP contribution >= 0.6 is 0 Å². The fourth-order valence-electron chi connectivity index (χ4n) is 1.47. The summed E-state index contributed by atoms with van der Waals surface area (Å²) in [5.74, 6) is -0.598. The maximum atomic E-state index is 11.9. The zero-order valence-electron chi connectivity index (χ0n) is 9.01. The average Bonchev–Trinajstić information content (AvgIpc) is 2.25.